The van der Waals surface area contributed by atoms with E-state index in [1.807, 2.05) is 6.08 Å². The van der Waals surface area contributed by atoms with Gasteiger partial charge in [-0.3, -0.25) is 0 Å². The van der Waals surface area contributed by atoms with E-state index in [4.69, 9.17) is 0 Å². The average molecular weight is 795 g/mol. The van der Waals surface area contributed by atoms with Gasteiger partial charge in [0.25, 0.3) is 0 Å². The van der Waals surface area contributed by atoms with Crippen molar-refractivity contribution in [1.82, 2.24) is 14.0 Å². The zero-order chi connectivity index (χ0) is 39.2. The molecule has 4 heteroatoms. The number of aryl methyl sites for hydroxylation is 2. The van der Waals surface area contributed by atoms with Crippen LogP contribution >= 0.6 is 0 Å². The maximum Gasteiger partial charge on any atom is 0.0541 e. The Hall–Kier alpha value is -6.06. The molecule has 0 bridgehead atoms. The number of likely N-dealkylation sites (N-methyl/N-ethyl adjacent to an activating group) is 1. The first kappa shape index (κ1) is 38.2. The number of para-hydroxylation sites is 4. The number of hydrogen-bond donors (Lipinski definition) is 0. The minimum atomic E-state index is 0.375. The van der Waals surface area contributed by atoms with Crippen LogP contribution < -0.4 is 0 Å². The van der Waals surface area contributed by atoms with Crippen LogP contribution in [0, 0.1) is 13.8 Å². The third kappa shape index (κ3) is 7.47. The number of allylic oxidation sites excluding steroid dienone is 7. The van der Waals surface area contributed by atoms with Crippen LogP contribution in [0.5, 0.6) is 0 Å². The smallest absolute Gasteiger partial charge is 0.0541 e. The first-order chi connectivity index (χ1) is 27.4. The van der Waals surface area contributed by atoms with Crippen molar-refractivity contribution >= 4 is 58.6 Å². The second-order valence-corrected chi connectivity index (χ2v) is 16.1. The summed E-state index contributed by atoms with van der Waals surface area (Å²) in [6, 6.07) is 51.7. The molecule has 8 aromatic rings. The van der Waals surface area contributed by atoms with Gasteiger partial charge in [0.2, 0.25) is 0 Å². The summed E-state index contributed by atoms with van der Waals surface area (Å²) in [5, 5.41) is 5.28. The van der Waals surface area contributed by atoms with Gasteiger partial charge in [0, 0.05) is 32.9 Å². The van der Waals surface area contributed by atoms with E-state index in [0.29, 0.717) is 15.0 Å². The molecule has 0 spiro atoms. The van der Waals surface area contributed by atoms with Crippen molar-refractivity contribution in [3.8, 4) is 11.4 Å². The number of hydrogen-bond acceptors (Lipinski definition) is 1. The Morgan fingerprint density at radius 3 is 1.39 bits per heavy atom. The summed E-state index contributed by atoms with van der Waals surface area (Å²) in [7, 11) is 2.12. The molecule has 1 aliphatic heterocycles. The van der Waals surface area contributed by atoms with Gasteiger partial charge < -0.3 is 9.13 Å². The normalized spacial score (nSPS) is 14.5. The molecule has 0 radical (unpaired) electrons. The predicted octanol–water partition coefficient (Wildman–Crippen LogP) is 13.6. The Labute approximate surface area is 338 Å². The molecule has 0 unspecified atom stereocenters. The Kier molecular flexibility index (Phi) is 11.7. The molecule has 0 amide bonds. The topological polar surface area (TPSA) is 13.1 Å². The fraction of sp³-hybridized carbons (Fsp3) is 0.115. The van der Waals surface area contributed by atoms with Gasteiger partial charge in [-0.2, -0.15) is 0 Å². The Morgan fingerprint density at radius 2 is 0.964 bits per heavy atom. The quantitative estimate of drug-likeness (QED) is 0.162. The van der Waals surface area contributed by atoms with Crippen molar-refractivity contribution in [3.63, 3.8) is 0 Å². The van der Waals surface area contributed by atoms with E-state index in [9.17, 15) is 0 Å². The van der Waals surface area contributed by atoms with Crippen molar-refractivity contribution in [2.24, 2.45) is 0 Å². The summed E-state index contributed by atoms with van der Waals surface area (Å²) >= 11 is 0.375. The summed E-state index contributed by atoms with van der Waals surface area (Å²) < 4.78 is 7.46. The van der Waals surface area contributed by atoms with E-state index >= 15 is 0 Å². The zero-order valence-electron chi connectivity index (χ0n) is 33.2. The molecular formula is C52H49N3Se. The van der Waals surface area contributed by atoms with E-state index in [0.717, 1.165) is 0 Å². The number of rotatable bonds is 4. The average Bonchev–Trinajstić information content (AvgIpc) is 3.74. The Balaban J connectivity index is 0.000000130. The van der Waals surface area contributed by atoms with Crippen molar-refractivity contribution in [2.45, 2.75) is 34.6 Å². The third-order valence-corrected chi connectivity index (χ3v) is 12.8. The molecule has 56 heavy (non-hydrogen) atoms. The van der Waals surface area contributed by atoms with Crippen LogP contribution in [0.1, 0.15) is 31.9 Å². The molecule has 9 rings (SSSR count). The maximum atomic E-state index is 3.92. The maximum absolute atomic E-state index is 3.92. The third-order valence-electron chi connectivity index (χ3n) is 10.2. The van der Waals surface area contributed by atoms with Gasteiger partial charge in [-0.1, -0.05) is 96.1 Å². The summed E-state index contributed by atoms with van der Waals surface area (Å²) in [5.41, 5.74) is 12.7. The molecule has 3 nitrogen and oxygen atoms in total. The van der Waals surface area contributed by atoms with Crippen LogP contribution in [-0.2, 0) is 0 Å². The SMILES string of the molecule is C=CC1=C(/C=C\C)N(C)C(=C/C)/C(=C\C)[Se]1.Cc1ccc2c(c1)c1ccccc1n2-c1ccccc1.Cc1ccc2c(c1)c1ccccc1n2-c1ccccc1. The molecule has 3 heterocycles. The molecule has 0 saturated carbocycles. The van der Waals surface area contributed by atoms with Gasteiger partial charge in [-0.15, -0.1) is 0 Å². The summed E-state index contributed by atoms with van der Waals surface area (Å²) in [4.78, 5) is 2.25. The molecule has 2 aromatic heterocycles. The fourth-order valence-electron chi connectivity index (χ4n) is 7.61. The van der Waals surface area contributed by atoms with Gasteiger partial charge in [0.15, 0.2) is 0 Å². The monoisotopic (exact) mass is 795 g/mol. The van der Waals surface area contributed by atoms with E-state index in [1.54, 1.807) is 0 Å². The zero-order valence-corrected chi connectivity index (χ0v) is 34.9. The van der Waals surface area contributed by atoms with Crippen LogP contribution in [-0.4, -0.2) is 36.0 Å². The largest absolute Gasteiger partial charge is 0.309 e. The minimum absolute atomic E-state index is 0.375. The second kappa shape index (κ2) is 17.2. The number of fused-ring (bicyclic) bond motifs is 6. The standard InChI is InChI=1S/2C19H15N.C14H19NSe/c2*1-14-11-12-19-17(13-14)16-9-5-6-10-18(16)20(19)15-7-3-2-4-8-15;1-6-10-12-14(9-4)16-13(8-3)11(7-2)15(12)5/h2*2-13H,1H3;6-10H,4H2,1-3,5H3/b;;10-6-,11-7+,13-8+. The van der Waals surface area contributed by atoms with E-state index < -0.39 is 0 Å². The second-order valence-electron chi connectivity index (χ2n) is 13.9. The van der Waals surface area contributed by atoms with Crippen LogP contribution in [0.3, 0.4) is 0 Å². The van der Waals surface area contributed by atoms with E-state index in [2.05, 4.69) is 232 Å². The molecule has 278 valence electrons. The fourth-order valence-corrected chi connectivity index (χ4v) is 9.93. The van der Waals surface area contributed by atoms with Gasteiger partial charge in [-0.05, 0) is 74.5 Å². The number of nitrogens with zero attached hydrogens (tertiary/aromatic N) is 3. The van der Waals surface area contributed by atoms with Gasteiger partial charge in [-0.25, -0.2) is 0 Å². The van der Waals surface area contributed by atoms with Crippen LogP contribution in [0.4, 0.5) is 0 Å². The van der Waals surface area contributed by atoms with Crippen molar-refractivity contribution < 1.29 is 0 Å². The Morgan fingerprint density at radius 1 is 0.518 bits per heavy atom. The molecule has 0 atom stereocenters. The summed E-state index contributed by atoms with van der Waals surface area (Å²) in [5.74, 6) is 0. The molecule has 0 aliphatic carbocycles. The summed E-state index contributed by atoms with van der Waals surface area (Å²) in [6.07, 6.45) is 10.6. The molecular weight excluding hydrogens is 746 g/mol. The van der Waals surface area contributed by atoms with Crippen LogP contribution in [0.2, 0.25) is 0 Å². The van der Waals surface area contributed by atoms with Crippen molar-refractivity contribution in [3.05, 3.63) is 214 Å². The molecule has 0 fully saturated rings. The summed E-state index contributed by atoms with van der Waals surface area (Å²) in [6.45, 7) is 14.5. The van der Waals surface area contributed by atoms with Crippen molar-refractivity contribution in [1.29, 1.82) is 0 Å². The van der Waals surface area contributed by atoms with E-state index in [-0.39, 0.29) is 0 Å². The molecule has 6 aromatic carbocycles. The minimum Gasteiger partial charge on any atom is -0.309 e. The first-order valence-electron chi connectivity index (χ1n) is 19.2. The number of aromatic nitrogens is 2. The molecule has 0 saturated heterocycles. The molecule has 0 N–H and O–H groups in total. The van der Waals surface area contributed by atoms with E-state index in [1.165, 1.54) is 86.5 Å². The van der Waals surface area contributed by atoms with Crippen LogP contribution in [0.25, 0.3) is 55.0 Å². The first-order valence-corrected chi connectivity index (χ1v) is 20.9. The predicted molar refractivity (Wildman–Crippen MR) is 244 cm³/mol. The van der Waals surface area contributed by atoms with Crippen molar-refractivity contribution in [2.75, 3.05) is 7.05 Å². The van der Waals surface area contributed by atoms with Gasteiger partial charge in [0.05, 0.1) is 22.1 Å². The van der Waals surface area contributed by atoms with Gasteiger partial charge >= 0.3 is 105 Å². The van der Waals surface area contributed by atoms with Crippen LogP contribution in [0.15, 0.2) is 203 Å². The molecule has 1 aliphatic rings. The van der Waals surface area contributed by atoms with Gasteiger partial charge in [0.1, 0.15) is 0 Å². The Bertz CT molecular complexity index is 2640. The number of benzene rings is 6.